The topological polar surface area (TPSA) is 38.3 Å². The van der Waals surface area contributed by atoms with E-state index in [1.807, 2.05) is 12.1 Å². The van der Waals surface area contributed by atoms with Crippen molar-refractivity contribution in [1.29, 1.82) is 0 Å². The van der Waals surface area contributed by atoms with Gasteiger partial charge in [0, 0.05) is 0 Å². The number of anilines is 1. The van der Waals surface area contributed by atoms with Crippen LogP contribution in [0, 0.1) is 5.82 Å². The fourth-order valence-corrected chi connectivity index (χ4v) is 2.31. The van der Waals surface area contributed by atoms with Crippen LogP contribution in [0.4, 0.5) is 10.1 Å². The summed E-state index contributed by atoms with van der Waals surface area (Å²) in [5, 5.41) is 2.47. The van der Waals surface area contributed by atoms with Gasteiger partial charge in [-0.1, -0.05) is 25.1 Å². The summed E-state index contributed by atoms with van der Waals surface area (Å²) < 4.78 is 19.6. The monoisotopic (exact) mass is 351 g/mol. The molecular weight excluding hydrogens is 337 g/mol. The largest absolute Gasteiger partial charge is 0.483 e. The van der Waals surface area contributed by atoms with Crippen LogP contribution in [0.5, 0.6) is 5.75 Å². The third kappa shape index (κ3) is 4.29. The van der Waals surface area contributed by atoms with E-state index in [2.05, 4.69) is 28.2 Å². The Morgan fingerprint density at radius 2 is 2.05 bits per heavy atom. The summed E-state index contributed by atoms with van der Waals surface area (Å²) in [5.41, 5.74) is 1.32. The second-order valence-electron chi connectivity index (χ2n) is 4.44. The highest BCUT2D eigenvalue weighted by Gasteiger charge is 2.08. The van der Waals surface area contributed by atoms with Gasteiger partial charge in [-0.05, 0) is 52.2 Å². The molecule has 1 N–H and O–H groups in total. The molecule has 0 aliphatic carbocycles. The maximum atomic E-state index is 13.4. The van der Waals surface area contributed by atoms with E-state index >= 15 is 0 Å². The summed E-state index contributed by atoms with van der Waals surface area (Å²) in [7, 11) is 0. The smallest absolute Gasteiger partial charge is 0.262 e. The molecule has 0 aliphatic rings. The standard InChI is InChI=1S/C16H15BrFNO2/c1-2-11-7-8-15(12(17)9-11)21-10-16(20)19-14-6-4-3-5-13(14)18/h3-9H,2,10H2,1H3,(H,19,20). The molecule has 0 fully saturated rings. The minimum absolute atomic E-state index is 0.145. The van der Waals surface area contributed by atoms with E-state index in [9.17, 15) is 9.18 Å². The van der Waals surface area contributed by atoms with Crippen LogP contribution in [-0.2, 0) is 11.2 Å². The van der Waals surface area contributed by atoms with Crippen LogP contribution in [-0.4, -0.2) is 12.5 Å². The normalized spacial score (nSPS) is 10.2. The van der Waals surface area contributed by atoms with Crippen molar-refractivity contribution in [1.82, 2.24) is 0 Å². The highest BCUT2D eigenvalue weighted by Crippen LogP contribution is 2.26. The van der Waals surface area contributed by atoms with Gasteiger partial charge >= 0.3 is 0 Å². The van der Waals surface area contributed by atoms with Gasteiger partial charge < -0.3 is 10.1 Å². The van der Waals surface area contributed by atoms with Gasteiger partial charge in [0.1, 0.15) is 11.6 Å². The minimum Gasteiger partial charge on any atom is -0.483 e. The van der Waals surface area contributed by atoms with E-state index in [0.29, 0.717) is 5.75 Å². The van der Waals surface area contributed by atoms with E-state index in [1.165, 1.54) is 17.7 Å². The number of amides is 1. The SMILES string of the molecule is CCc1ccc(OCC(=O)Nc2ccccc2F)c(Br)c1. The zero-order valence-corrected chi connectivity index (χ0v) is 13.1. The maximum absolute atomic E-state index is 13.4. The van der Waals surface area contributed by atoms with Crippen molar-refractivity contribution in [2.24, 2.45) is 0 Å². The fraction of sp³-hybridized carbons (Fsp3) is 0.188. The molecule has 0 aromatic heterocycles. The van der Waals surface area contributed by atoms with E-state index in [1.54, 1.807) is 18.2 Å². The molecule has 0 saturated heterocycles. The van der Waals surface area contributed by atoms with Crippen LogP contribution in [0.15, 0.2) is 46.9 Å². The van der Waals surface area contributed by atoms with E-state index in [0.717, 1.165) is 10.9 Å². The molecule has 0 saturated carbocycles. The quantitative estimate of drug-likeness (QED) is 0.877. The Morgan fingerprint density at radius 3 is 2.71 bits per heavy atom. The average molecular weight is 352 g/mol. The molecule has 0 heterocycles. The summed E-state index contributed by atoms with van der Waals surface area (Å²) >= 11 is 3.40. The Labute approximate surface area is 131 Å². The highest BCUT2D eigenvalue weighted by molar-refractivity contribution is 9.10. The Kier molecular flexibility index (Phi) is 5.33. The number of carbonyl (C=O) groups is 1. The zero-order chi connectivity index (χ0) is 15.2. The van der Waals surface area contributed by atoms with Gasteiger partial charge in [-0.2, -0.15) is 0 Å². The molecule has 0 spiro atoms. The predicted molar refractivity (Wildman–Crippen MR) is 84.0 cm³/mol. The van der Waals surface area contributed by atoms with Crippen molar-refractivity contribution in [3.05, 3.63) is 58.3 Å². The third-order valence-electron chi connectivity index (χ3n) is 2.91. The number of aryl methyl sites for hydroxylation is 1. The molecule has 0 bridgehead atoms. The third-order valence-corrected chi connectivity index (χ3v) is 3.53. The molecule has 0 radical (unpaired) electrons. The number of carbonyl (C=O) groups excluding carboxylic acids is 1. The molecule has 3 nitrogen and oxygen atoms in total. The molecular formula is C16H15BrFNO2. The van der Waals surface area contributed by atoms with Crippen LogP contribution in [0.1, 0.15) is 12.5 Å². The molecule has 2 aromatic rings. The molecule has 0 aliphatic heterocycles. The fourth-order valence-electron chi connectivity index (χ4n) is 1.77. The Hall–Kier alpha value is -1.88. The number of nitrogens with one attached hydrogen (secondary N) is 1. The number of hydrogen-bond donors (Lipinski definition) is 1. The summed E-state index contributed by atoms with van der Waals surface area (Å²) in [6.07, 6.45) is 0.923. The molecule has 1 amide bonds. The van der Waals surface area contributed by atoms with Crippen LogP contribution >= 0.6 is 15.9 Å². The summed E-state index contributed by atoms with van der Waals surface area (Å²) in [4.78, 5) is 11.8. The lowest BCUT2D eigenvalue weighted by molar-refractivity contribution is -0.118. The van der Waals surface area contributed by atoms with Crippen molar-refractivity contribution in [2.45, 2.75) is 13.3 Å². The molecule has 2 aromatic carbocycles. The first-order valence-corrected chi connectivity index (χ1v) is 7.35. The first-order valence-electron chi connectivity index (χ1n) is 6.55. The number of hydrogen-bond acceptors (Lipinski definition) is 2. The van der Waals surface area contributed by atoms with E-state index < -0.39 is 11.7 Å². The number of rotatable bonds is 5. The molecule has 5 heteroatoms. The molecule has 0 unspecified atom stereocenters. The van der Waals surface area contributed by atoms with Crippen molar-refractivity contribution in [3.8, 4) is 5.75 Å². The van der Waals surface area contributed by atoms with Crippen LogP contribution in [0.2, 0.25) is 0 Å². The van der Waals surface area contributed by atoms with Crippen molar-refractivity contribution in [3.63, 3.8) is 0 Å². The Balaban J connectivity index is 1.94. The number of benzene rings is 2. The van der Waals surface area contributed by atoms with Crippen LogP contribution in [0.25, 0.3) is 0 Å². The van der Waals surface area contributed by atoms with Gasteiger partial charge in [-0.15, -0.1) is 0 Å². The first-order chi connectivity index (χ1) is 10.1. The van der Waals surface area contributed by atoms with E-state index in [-0.39, 0.29) is 12.3 Å². The number of halogens is 2. The number of ether oxygens (including phenoxy) is 1. The average Bonchev–Trinajstić information content (AvgIpc) is 2.48. The van der Waals surface area contributed by atoms with Crippen LogP contribution < -0.4 is 10.1 Å². The lowest BCUT2D eigenvalue weighted by Crippen LogP contribution is -2.20. The first kappa shape index (κ1) is 15.5. The van der Waals surface area contributed by atoms with Gasteiger partial charge in [0.25, 0.3) is 5.91 Å². The Bertz CT molecular complexity index is 646. The maximum Gasteiger partial charge on any atom is 0.262 e. The summed E-state index contributed by atoms with van der Waals surface area (Å²) in [6, 6.07) is 11.7. The lowest BCUT2D eigenvalue weighted by atomic mass is 10.2. The highest BCUT2D eigenvalue weighted by atomic mass is 79.9. The van der Waals surface area contributed by atoms with Crippen molar-refractivity contribution in [2.75, 3.05) is 11.9 Å². The van der Waals surface area contributed by atoms with Crippen molar-refractivity contribution >= 4 is 27.5 Å². The predicted octanol–water partition coefficient (Wildman–Crippen LogP) is 4.17. The number of para-hydroxylation sites is 1. The van der Waals surface area contributed by atoms with Gasteiger partial charge in [-0.3, -0.25) is 4.79 Å². The summed E-state index contributed by atoms with van der Waals surface area (Å²) in [5.74, 6) is -0.304. The zero-order valence-electron chi connectivity index (χ0n) is 11.5. The van der Waals surface area contributed by atoms with Gasteiger partial charge in [-0.25, -0.2) is 4.39 Å². The molecule has 110 valence electrons. The van der Waals surface area contributed by atoms with Crippen LogP contribution in [0.3, 0.4) is 0 Å². The minimum atomic E-state index is -0.473. The second-order valence-corrected chi connectivity index (χ2v) is 5.29. The molecule has 21 heavy (non-hydrogen) atoms. The van der Waals surface area contributed by atoms with Crippen molar-refractivity contribution < 1.29 is 13.9 Å². The van der Waals surface area contributed by atoms with Gasteiger partial charge in [0.05, 0.1) is 10.2 Å². The second kappa shape index (κ2) is 7.22. The summed E-state index contributed by atoms with van der Waals surface area (Å²) in [6.45, 7) is 1.88. The Morgan fingerprint density at radius 1 is 1.29 bits per heavy atom. The molecule has 2 rings (SSSR count). The van der Waals surface area contributed by atoms with E-state index in [4.69, 9.17) is 4.74 Å². The lowest BCUT2D eigenvalue weighted by Gasteiger charge is -2.10. The molecule has 0 atom stereocenters. The van der Waals surface area contributed by atoms with Gasteiger partial charge in [0.15, 0.2) is 6.61 Å². The van der Waals surface area contributed by atoms with Gasteiger partial charge in [0.2, 0.25) is 0 Å².